The molecule has 0 bridgehead atoms. The fourth-order valence-electron chi connectivity index (χ4n) is 1.19. The highest BCUT2D eigenvalue weighted by Crippen LogP contribution is 2.25. The first-order valence-corrected chi connectivity index (χ1v) is 6.24. The summed E-state index contributed by atoms with van der Waals surface area (Å²) in [7, 11) is 2.04. The molecule has 0 amide bonds. The monoisotopic (exact) mass is 203 g/mol. The molecule has 0 saturated carbocycles. The third-order valence-electron chi connectivity index (χ3n) is 2.56. The Labute approximate surface area is 88.1 Å². The lowest BCUT2D eigenvalue weighted by Gasteiger charge is -2.22. The molecule has 0 aliphatic heterocycles. The van der Waals surface area contributed by atoms with Gasteiger partial charge in [-0.05, 0) is 26.3 Å². The summed E-state index contributed by atoms with van der Waals surface area (Å²) in [5.74, 6) is 0.789. The predicted molar refractivity (Wildman–Crippen MR) is 64.5 cm³/mol. The highest BCUT2D eigenvalue weighted by molar-refractivity contribution is 8.00. The first kappa shape index (κ1) is 13.3. The van der Waals surface area contributed by atoms with Crippen LogP contribution in [0.1, 0.15) is 41.0 Å². The number of thioether (sulfide) groups is 1. The van der Waals surface area contributed by atoms with Crippen molar-refractivity contribution in [2.24, 2.45) is 5.92 Å². The smallest absolute Gasteiger partial charge is 0.00461 e. The van der Waals surface area contributed by atoms with Crippen LogP contribution in [0.5, 0.6) is 0 Å². The summed E-state index contributed by atoms with van der Waals surface area (Å²) in [6.45, 7) is 11.5. The Morgan fingerprint density at radius 1 is 1.08 bits per heavy atom. The van der Waals surface area contributed by atoms with E-state index in [1.807, 2.05) is 7.05 Å². The molecular weight excluding hydrogens is 178 g/mol. The number of nitrogens with one attached hydrogen (secondary N) is 1. The average Bonchev–Trinajstić information content (AvgIpc) is 2.03. The van der Waals surface area contributed by atoms with Crippen LogP contribution in [0, 0.1) is 5.92 Å². The summed E-state index contributed by atoms with van der Waals surface area (Å²) < 4.78 is 0. The molecule has 0 radical (unpaired) electrons. The van der Waals surface area contributed by atoms with Gasteiger partial charge in [0.15, 0.2) is 0 Å². The van der Waals surface area contributed by atoms with Gasteiger partial charge in [0, 0.05) is 16.5 Å². The molecular formula is C11H25NS. The number of hydrogen-bond donors (Lipinski definition) is 1. The van der Waals surface area contributed by atoms with Gasteiger partial charge in [-0.2, -0.15) is 11.8 Å². The number of hydrogen-bond acceptors (Lipinski definition) is 2. The van der Waals surface area contributed by atoms with Crippen molar-refractivity contribution in [3.05, 3.63) is 0 Å². The minimum Gasteiger partial charge on any atom is -0.317 e. The zero-order valence-electron chi connectivity index (χ0n) is 9.92. The van der Waals surface area contributed by atoms with E-state index in [0.717, 1.165) is 16.4 Å². The predicted octanol–water partition coefficient (Wildman–Crippen LogP) is 3.15. The zero-order valence-corrected chi connectivity index (χ0v) is 10.7. The van der Waals surface area contributed by atoms with Gasteiger partial charge in [-0.1, -0.05) is 27.7 Å². The van der Waals surface area contributed by atoms with Gasteiger partial charge in [0.25, 0.3) is 0 Å². The largest absolute Gasteiger partial charge is 0.317 e. The van der Waals surface area contributed by atoms with Crippen LogP contribution in [-0.4, -0.2) is 23.6 Å². The molecule has 0 aromatic carbocycles. The van der Waals surface area contributed by atoms with Crippen LogP contribution in [0.2, 0.25) is 0 Å². The first-order valence-electron chi connectivity index (χ1n) is 5.30. The van der Waals surface area contributed by atoms with Gasteiger partial charge >= 0.3 is 0 Å². The minimum absolute atomic E-state index is 0.641. The van der Waals surface area contributed by atoms with Gasteiger partial charge in [-0.15, -0.1) is 0 Å². The van der Waals surface area contributed by atoms with E-state index in [9.17, 15) is 0 Å². The van der Waals surface area contributed by atoms with Crippen molar-refractivity contribution in [3.8, 4) is 0 Å². The van der Waals surface area contributed by atoms with Crippen molar-refractivity contribution < 1.29 is 0 Å². The van der Waals surface area contributed by atoms with Crippen LogP contribution >= 0.6 is 11.8 Å². The van der Waals surface area contributed by atoms with E-state index >= 15 is 0 Å². The maximum atomic E-state index is 3.28. The third-order valence-corrected chi connectivity index (χ3v) is 4.19. The van der Waals surface area contributed by atoms with E-state index in [0.29, 0.717) is 6.04 Å². The molecule has 3 unspecified atom stereocenters. The molecule has 0 aliphatic carbocycles. The van der Waals surface area contributed by atoms with Crippen LogP contribution < -0.4 is 5.32 Å². The van der Waals surface area contributed by atoms with Crippen LogP contribution in [0.15, 0.2) is 0 Å². The van der Waals surface area contributed by atoms with E-state index in [1.165, 1.54) is 6.42 Å². The molecule has 0 aliphatic rings. The van der Waals surface area contributed by atoms with Crippen molar-refractivity contribution in [1.82, 2.24) is 5.32 Å². The molecule has 1 N–H and O–H groups in total. The van der Waals surface area contributed by atoms with Crippen LogP contribution in [0.25, 0.3) is 0 Å². The topological polar surface area (TPSA) is 12.0 Å². The molecule has 1 nitrogen and oxygen atoms in total. The summed E-state index contributed by atoms with van der Waals surface area (Å²) in [5, 5.41) is 4.83. The molecule has 13 heavy (non-hydrogen) atoms. The fourth-order valence-corrected chi connectivity index (χ4v) is 2.64. The summed E-state index contributed by atoms with van der Waals surface area (Å²) in [6, 6.07) is 0.641. The lowest BCUT2D eigenvalue weighted by molar-refractivity contribution is 0.560. The number of rotatable bonds is 6. The highest BCUT2D eigenvalue weighted by atomic mass is 32.2. The molecule has 0 heterocycles. The van der Waals surface area contributed by atoms with Crippen molar-refractivity contribution in [3.63, 3.8) is 0 Å². The molecule has 0 saturated heterocycles. The van der Waals surface area contributed by atoms with Gasteiger partial charge in [-0.25, -0.2) is 0 Å². The Hall–Kier alpha value is 0.310. The lowest BCUT2D eigenvalue weighted by Crippen LogP contribution is -2.25. The summed E-state index contributed by atoms with van der Waals surface area (Å²) in [6.07, 6.45) is 1.26. The van der Waals surface area contributed by atoms with Gasteiger partial charge in [0.05, 0.1) is 0 Å². The van der Waals surface area contributed by atoms with Crippen molar-refractivity contribution >= 4 is 11.8 Å². The fraction of sp³-hybridized carbons (Fsp3) is 1.00. The van der Waals surface area contributed by atoms with E-state index in [-0.39, 0.29) is 0 Å². The van der Waals surface area contributed by atoms with Gasteiger partial charge in [0.2, 0.25) is 0 Å². The SMILES string of the molecule is CNC(C)CC(C)SC(C)C(C)C. The molecule has 0 fully saturated rings. The Morgan fingerprint density at radius 2 is 1.62 bits per heavy atom. The molecule has 0 rings (SSSR count). The molecule has 80 valence electrons. The second-order valence-electron chi connectivity index (χ2n) is 4.32. The second-order valence-corrected chi connectivity index (χ2v) is 6.14. The normalized spacial score (nSPS) is 18.7. The lowest BCUT2D eigenvalue weighted by atomic mass is 10.1. The molecule has 0 spiro atoms. The average molecular weight is 203 g/mol. The van der Waals surface area contributed by atoms with E-state index in [4.69, 9.17) is 0 Å². The first-order chi connectivity index (χ1) is 5.97. The summed E-state index contributed by atoms with van der Waals surface area (Å²) in [5.41, 5.74) is 0. The zero-order chi connectivity index (χ0) is 10.4. The second kappa shape index (κ2) is 6.72. The van der Waals surface area contributed by atoms with Crippen molar-refractivity contribution in [2.75, 3.05) is 7.05 Å². The van der Waals surface area contributed by atoms with E-state index in [2.05, 4.69) is 51.7 Å². The van der Waals surface area contributed by atoms with E-state index in [1.54, 1.807) is 0 Å². The standard InChI is InChI=1S/C11H25NS/c1-8(2)11(5)13-10(4)7-9(3)12-6/h8-12H,7H2,1-6H3. The maximum absolute atomic E-state index is 3.28. The quantitative estimate of drug-likeness (QED) is 0.712. The Balaban J connectivity index is 3.67. The van der Waals surface area contributed by atoms with Crippen LogP contribution in [-0.2, 0) is 0 Å². The molecule has 3 atom stereocenters. The molecule has 0 aromatic rings. The van der Waals surface area contributed by atoms with Crippen LogP contribution in [0.4, 0.5) is 0 Å². The summed E-state index contributed by atoms with van der Waals surface area (Å²) in [4.78, 5) is 0. The Morgan fingerprint density at radius 3 is 2.00 bits per heavy atom. The van der Waals surface area contributed by atoms with E-state index < -0.39 is 0 Å². The van der Waals surface area contributed by atoms with Crippen LogP contribution in [0.3, 0.4) is 0 Å². The van der Waals surface area contributed by atoms with Gasteiger partial charge < -0.3 is 5.32 Å². The van der Waals surface area contributed by atoms with Crippen molar-refractivity contribution in [2.45, 2.75) is 57.6 Å². The molecule has 0 aromatic heterocycles. The summed E-state index contributed by atoms with van der Waals surface area (Å²) >= 11 is 2.11. The Bertz CT molecular complexity index is 125. The highest BCUT2D eigenvalue weighted by Gasteiger charge is 2.13. The van der Waals surface area contributed by atoms with Gasteiger partial charge in [-0.3, -0.25) is 0 Å². The minimum atomic E-state index is 0.641. The van der Waals surface area contributed by atoms with Gasteiger partial charge in [0.1, 0.15) is 0 Å². The van der Waals surface area contributed by atoms with Crippen molar-refractivity contribution in [1.29, 1.82) is 0 Å². The molecule has 2 heteroatoms. The Kier molecular flexibility index (Phi) is 6.88. The third kappa shape index (κ3) is 6.39. The maximum Gasteiger partial charge on any atom is 0.00461 e.